The van der Waals surface area contributed by atoms with Gasteiger partial charge in [-0.25, -0.2) is 4.39 Å². The standard InChI is InChI=1S/C15H14BrClFN/c1-19(10-11-4-2-5-12(16)8-11)15-7-3-6-14(18)13(15)9-17/h2-8H,9-10H2,1H3. The first-order chi connectivity index (χ1) is 9.11. The summed E-state index contributed by atoms with van der Waals surface area (Å²) < 4.78 is 14.7. The summed E-state index contributed by atoms with van der Waals surface area (Å²) in [5.74, 6) is -0.0845. The average Bonchev–Trinajstić information content (AvgIpc) is 2.38. The van der Waals surface area contributed by atoms with E-state index in [1.54, 1.807) is 6.07 Å². The normalized spacial score (nSPS) is 10.5. The minimum Gasteiger partial charge on any atom is -0.370 e. The molecule has 0 saturated carbocycles. The second kappa shape index (κ2) is 6.40. The van der Waals surface area contributed by atoms with Crippen LogP contribution in [0.15, 0.2) is 46.9 Å². The van der Waals surface area contributed by atoms with E-state index in [1.807, 2.05) is 36.2 Å². The number of hydrogen-bond acceptors (Lipinski definition) is 1. The molecule has 0 aliphatic carbocycles. The third-order valence-corrected chi connectivity index (χ3v) is 3.71. The third-order valence-electron chi connectivity index (χ3n) is 2.95. The number of benzene rings is 2. The summed E-state index contributed by atoms with van der Waals surface area (Å²) in [5.41, 5.74) is 2.53. The van der Waals surface area contributed by atoms with Crippen LogP contribution in [0.3, 0.4) is 0 Å². The van der Waals surface area contributed by atoms with Crippen molar-refractivity contribution >= 4 is 33.2 Å². The SMILES string of the molecule is CN(Cc1cccc(Br)c1)c1cccc(F)c1CCl. The Labute approximate surface area is 126 Å². The molecule has 0 radical (unpaired) electrons. The lowest BCUT2D eigenvalue weighted by molar-refractivity contribution is 0.616. The third kappa shape index (κ3) is 3.48. The van der Waals surface area contributed by atoms with Crippen LogP contribution in [0.2, 0.25) is 0 Å². The molecule has 4 heteroatoms. The van der Waals surface area contributed by atoms with Crippen molar-refractivity contribution in [2.75, 3.05) is 11.9 Å². The summed E-state index contributed by atoms with van der Waals surface area (Å²) >= 11 is 9.28. The van der Waals surface area contributed by atoms with Crippen LogP contribution in [0.4, 0.5) is 10.1 Å². The van der Waals surface area contributed by atoms with Gasteiger partial charge in [-0.2, -0.15) is 0 Å². The number of rotatable bonds is 4. The molecule has 19 heavy (non-hydrogen) atoms. The Kier molecular flexibility index (Phi) is 4.83. The highest BCUT2D eigenvalue weighted by atomic mass is 79.9. The zero-order valence-corrected chi connectivity index (χ0v) is 12.9. The summed E-state index contributed by atoms with van der Waals surface area (Å²) in [6.07, 6.45) is 0. The van der Waals surface area contributed by atoms with E-state index in [-0.39, 0.29) is 11.7 Å². The summed E-state index contributed by atoms with van der Waals surface area (Å²) in [6.45, 7) is 0.701. The number of halogens is 3. The molecule has 100 valence electrons. The molecule has 0 unspecified atom stereocenters. The molecule has 0 saturated heterocycles. The van der Waals surface area contributed by atoms with Gasteiger partial charge in [-0.1, -0.05) is 34.1 Å². The van der Waals surface area contributed by atoms with E-state index in [2.05, 4.69) is 22.0 Å². The van der Waals surface area contributed by atoms with Crippen molar-refractivity contribution in [2.24, 2.45) is 0 Å². The lowest BCUT2D eigenvalue weighted by Gasteiger charge is -2.22. The van der Waals surface area contributed by atoms with Crippen molar-refractivity contribution in [2.45, 2.75) is 12.4 Å². The predicted octanol–water partition coefficient (Wildman–Crippen LogP) is 4.96. The molecule has 0 atom stereocenters. The summed E-state index contributed by atoms with van der Waals surface area (Å²) in [5, 5.41) is 0. The Morgan fingerprint density at radius 3 is 2.63 bits per heavy atom. The van der Waals surface area contributed by atoms with Crippen molar-refractivity contribution < 1.29 is 4.39 Å². The Hall–Kier alpha value is -1.06. The Balaban J connectivity index is 2.25. The van der Waals surface area contributed by atoms with Crippen LogP contribution in [-0.4, -0.2) is 7.05 Å². The van der Waals surface area contributed by atoms with Crippen LogP contribution >= 0.6 is 27.5 Å². The fraction of sp³-hybridized carbons (Fsp3) is 0.200. The quantitative estimate of drug-likeness (QED) is 0.710. The van der Waals surface area contributed by atoms with Gasteiger partial charge >= 0.3 is 0 Å². The second-order valence-corrected chi connectivity index (χ2v) is 5.54. The van der Waals surface area contributed by atoms with Crippen LogP contribution in [0.25, 0.3) is 0 Å². The summed E-state index contributed by atoms with van der Waals surface area (Å²) in [6, 6.07) is 13.1. The second-order valence-electron chi connectivity index (χ2n) is 4.36. The molecule has 0 aliphatic rings. The maximum Gasteiger partial charge on any atom is 0.129 e. The Bertz CT molecular complexity index is 574. The maximum atomic E-state index is 13.7. The zero-order chi connectivity index (χ0) is 13.8. The molecule has 1 nitrogen and oxygen atoms in total. The van der Waals surface area contributed by atoms with Gasteiger partial charge in [-0.3, -0.25) is 0 Å². The van der Waals surface area contributed by atoms with Gasteiger partial charge in [0, 0.05) is 29.3 Å². The molecule has 0 spiro atoms. The van der Waals surface area contributed by atoms with E-state index in [4.69, 9.17) is 11.6 Å². The highest BCUT2D eigenvalue weighted by molar-refractivity contribution is 9.10. The number of hydrogen-bond donors (Lipinski definition) is 0. The molecule has 2 aromatic rings. The summed E-state index contributed by atoms with van der Waals surface area (Å²) in [4.78, 5) is 2.00. The minimum atomic E-state index is -0.256. The van der Waals surface area contributed by atoms with Gasteiger partial charge in [0.2, 0.25) is 0 Å². The van der Waals surface area contributed by atoms with Crippen LogP contribution in [0, 0.1) is 5.82 Å². The van der Waals surface area contributed by atoms with E-state index < -0.39 is 0 Å². The molecule has 2 aromatic carbocycles. The molecule has 0 amide bonds. The predicted molar refractivity (Wildman–Crippen MR) is 82.2 cm³/mol. The van der Waals surface area contributed by atoms with Gasteiger partial charge in [-0.05, 0) is 29.8 Å². The Morgan fingerprint density at radius 2 is 1.95 bits per heavy atom. The number of nitrogens with zero attached hydrogens (tertiary/aromatic N) is 1. The topological polar surface area (TPSA) is 3.24 Å². The maximum absolute atomic E-state index is 13.7. The first kappa shape index (κ1) is 14.4. The molecule has 0 fully saturated rings. The van der Waals surface area contributed by atoms with Crippen molar-refractivity contribution in [3.8, 4) is 0 Å². The molecule has 0 aliphatic heterocycles. The smallest absolute Gasteiger partial charge is 0.129 e. The zero-order valence-electron chi connectivity index (χ0n) is 10.5. The minimum absolute atomic E-state index is 0.171. The van der Waals surface area contributed by atoms with Gasteiger partial charge in [-0.15, -0.1) is 11.6 Å². The molecule has 0 N–H and O–H groups in total. The lowest BCUT2D eigenvalue weighted by atomic mass is 10.1. The molecule has 0 bridgehead atoms. The van der Waals surface area contributed by atoms with Crippen molar-refractivity contribution in [1.29, 1.82) is 0 Å². The molecule has 2 rings (SSSR count). The average molecular weight is 343 g/mol. The Morgan fingerprint density at radius 1 is 1.21 bits per heavy atom. The fourth-order valence-electron chi connectivity index (χ4n) is 2.03. The van der Waals surface area contributed by atoms with Gasteiger partial charge in [0.25, 0.3) is 0 Å². The molecular weight excluding hydrogens is 329 g/mol. The van der Waals surface area contributed by atoms with Crippen molar-refractivity contribution in [3.05, 3.63) is 63.9 Å². The number of anilines is 1. The highest BCUT2D eigenvalue weighted by Gasteiger charge is 2.11. The van der Waals surface area contributed by atoms with E-state index in [0.717, 1.165) is 15.7 Å². The largest absolute Gasteiger partial charge is 0.370 e. The fourth-order valence-corrected chi connectivity index (χ4v) is 2.74. The van der Waals surface area contributed by atoms with Gasteiger partial charge in [0.15, 0.2) is 0 Å². The van der Waals surface area contributed by atoms with Crippen LogP contribution in [0.5, 0.6) is 0 Å². The van der Waals surface area contributed by atoms with Gasteiger partial charge in [0.1, 0.15) is 5.82 Å². The van der Waals surface area contributed by atoms with Gasteiger partial charge in [0.05, 0.1) is 5.88 Å². The summed E-state index contributed by atoms with van der Waals surface area (Å²) in [7, 11) is 1.94. The van der Waals surface area contributed by atoms with Crippen LogP contribution in [0.1, 0.15) is 11.1 Å². The number of alkyl halides is 1. The first-order valence-electron chi connectivity index (χ1n) is 5.90. The van der Waals surface area contributed by atoms with E-state index in [9.17, 15) is 4.39 Å². The van der Waals surface area contributed by atoms with Crippen molar-refractivity contribution in [1.82, 2.24) is 0 Å². The highest BCUT2D eigenvalue weighted by Crippen LogP contribution is 2.25. The van der Waals surface area contributed by atoms with Gasteiger partial charge < -0.3 is 4.90 Å². The van der Waals surface area contributed by atoms with E-state index >= 15 is 0 Å². The monoisotopic (exact) mass is 341 g/mol. The van der Waals surface area contributed by atoms with E-state index in [1.165, 1.54) is 6.07 Å². The van der Waals surface area contributed by atoms with Crippen molar-refractivity contribution in [3.63, 3.8) is 0 Å². The molecule has 0 heterocycles. The lowest BCUT2D eigenvalue weighted by Crippen LogP contribution is -2.18. The molecular formula is C15H14BrClFN. The van der Waals surface area contributed by atoms with Crippen LogP contribution in [-0.2, 0) is 12.4 Å². The van der Waals surface area contributed by atoms with Crippen LogP contribution < -0.4 is 4.90 Å². The first-order valence-corrected chi connectivity index (χ1v) is 7.23. The molecule has 0 aromatic heterocycles. The van der Waals surface area contributed by atoms with E-state index in [0.29, 0.717) is 12.1 Å².